The molecule has 0 heterocycles. The number of carboxylic acid groups (broad SMARTS) is 1. The summed E-state index contributed by atoms with van der Waals surface area (Å²) in [4.78, 5) is 11.0. The highest BCUT2D eigenvalue weighted by Gasteiger charge is 2.26. The van der Waals surface area contributed by atoms with Gasteiger partial charge in [-0.1, -0.05) is 30.3 Å². The first-order chi connectivity index (χ1) is 11.5. The molecule has 4 heteroatoms. The van der Waals surface area contributed by atoms with Gasteiger partial charge in [0.15, 0.2) is 0 Å². The predicted octanol–water partition coefficient (Wildman–Crippen LogP) is 4.54. The van der Waals surface area contributed by atoms with Crippen molar-refractivity contribution in [3.63, 3.8) is 0 Å². The summed E-state index contributed by atoms with van der Waals surface area (Å²) in [6.07, 6.45) is 1.28. The molecular formula is C20H24O4. The lowest BCUT2D eigenvalue weighted by molar-refractivity contribution is -0.147. The van der Waals surface area contributed by atoms with Crippen molar-refractivity contribution in [1.82, 2.24) is 0 Å². The van der Waals surface area contributed by atoms with E-state index in [-0.39, 0.29) is 0 Å². The van der Waals surface area contributed by atoms with Crippen LogP contribution in [0.2, 0.25) is 0 Å². The second-order valence-electron chi connectivity index (χ2n) is 6.39. The number of hydrogen-bond donors (Lipinski definition) is 1. The van der Waals surface area contributed by atoms with Crippen LogP contribution in [0.4, 0.5) is 0 Å². The molecule has 0 aliphatic heterocycles. The van der Waals surface area contributed by atoms with Gasteiger partial charge >= 0.3 is 5.97 Å². The molecule has 0 fully saturated rings. The molecule has 24 heavy (non-hydrogen) atoms. The molecule has 2 aromatic carbocycles. The molecule has 0 saturated heterocycles. The summed E-state index contributed by atoms with van der Waals surface area (Å²) in [5.41, 5.74) is 0.414. The van der Waals surface area contributed by atoms with Gasteiger partial charge in [0.05, 0.1) is 12.0 Å². The summed E-state index contributed by atoms with van der Waals surface area (Å²) < 4.78 is 11.4. The van der Waals surface area contributed by atoms with Gasteiger partial charge in [0.1, 0.15) is 18.1 Å². The topological polar surface area (TPSA) is 55.8 Å². The van der Waals surface area contributed by atoms with E-state index in [2.05, 4.69) is 0 Å². The molecule has 0 aromatic heterocycles. The van der Waals surface area contributed by atoms with Crippen molar-refractivity contribution in [3.05, 3.63) is 60.2 Å². The Morgan fingerprint density at radius 3 is 2.12 bits per heavy atom. The fraction of sp³-hybridized carbons (Fsp3) is 0.350. The van der Waals surface area contributed by atoms with Gasteiger partial charge < -0.3 is 14.6 Å². The Morgan fingerprint density at radius 2 is 1.54 bits per heavy atom. The highest BCUT2D eigenvalue weighted by atomic mass is 16.5. The molecule has 0 spiro atoms. The lowest BCUT2D eigenvalue weighted by Crippen LogP contribution is -2.24. The normalized spacial score (nSPS) is 11.1. The molecule has 1 N–H and O–H groups in total. The molecule has 0 aliphatic rings. The maximum absolute atomic E-state index is 11.0. The van der Waals surface area contributed by atoms with E-state index in [9.17, 15) is 4.79 Å². The summed E-state index contributed by atoms with van der Waals surface area (Å²) in [6.45, 7) is 4.49. The Hall–Kier alpha value is -2.49. The third kappa shape index (κ3) is 5.61. The molecule has 0 bridgehead atoms. The molecule has 0 radical (unpaired) electrons. The molecule has 128 valence electrons. The van der Waals surface area contributed by atoms with Gasteiger partial charge in [0.25, 0.3) is 0 Å². The average molecular weight is 328 g/mol. The third-order valence-electron chi connectivity index (χ3n) is 3.87. The molecule has 0 atom stereocenters. The molecular weight excluding hydrogens is 304 g/mol. The minimum Gasteiger partial charge on any atom is -0.494 e. The lowest BCUT2D eigenvalue weighted by Gasteiger charge is -2.18. The number of aliphatic carboxylic acids is 1. The van der Waals surface area contributed by atoms with Gasteiger partial charge in [0, 0.05) is 0 Å². The number of benzene rings is 2. The molecule has 0 saturated carbocycles. The van der Waals surface area contributed by atoms with E-state index in [1.165, 1.54) is 0 Å². The molecule has 0 amide bonds. The summed E-state index contributed by atoms with van der Waals surface area (Å²) >= 11 is 0. The number of rotatable bonds is 9. The van der Waals surface area contributed by atoms with Gasteiger partial charge in [-0.25, -0.2) is 0 Å². The van der Waals surface area contributed by atoms with Gasteiger partial charge in [0.2, 0.25) is 0 Å². The van der Waals surface area contributed by atoms with E-state index in [1.807, 2.05) is 54.6 Å². The van der Waals surface area contributed by atoms with Crippen LogP contribution >= 0.6 is 0 Å². The summed E-state index contributed by atoms with van der Waals surface area (Å²) in [5, 5.41) is 9.07. The van der Waals surface area contributed by atoms with Crippen LogP contribution in [0.15, 0.2) is 54.6 Å². The summed E-state index contributed by atoms with van der Waals surface area (Å²) in [6, 6.07) is 17.5. The van der Waals surface area contributed by atoms with Crippen molar-refractivity contribution >= 4 is 5.97 Å². The molecule has 0 unspecified atom stereocenters. The zero-order valence-electron chi connectivity index (χ0n) is 14.2. The van der Waals surface area contributed by atoms with E-state index in [1.54, 1.807) is 13.8 Å². The molecule has 0 aliphatic carbocycles. The second kappa shape index (κ2) is 8.39. The van der Waals surface area contributed by atoms with Crippen LogP contribution in [-0.2, 0) is 11.4 Å². The van der Waals surface area contributed by atoms with Crippen LogP contribution in [0.25, 0.3) is 0 Å². The smallest absolute Gasteiger partial charge is 0.309 e. The Labute approximate surface area is 143 Å². The van der Waals surface area contributed by atoms with E-state index < -0.39 is 11.4 Å². The first-order valence-corrected chi connectivity index (χ1v) is 8.10. The third-order valence-corrected chi connectivity index (χ3v) is 3.87. The minimum absolute atomic E-state index is 0.501. The summed E-state index contributed by atoms with van der Waals surface area (Å²) in [5.74, 6) is 0.774. The van der Waals surface area contributed by atoms with Gasteiger partial charge in [-0.3, -0.25) is 4.79 Å². The summed E-state index contributed by atoms with van der Waals surface area (Å²) in [7, 11) is 0. The quantitative estimate of drug-likeness (QED) is 0.687. The van der Waals surface area contributed by atoms with Crippen LogP contribution in [0.3, 0.4) is 0 Å². The van der Waals surface area contributed by atoms with Gasteiger partial charge in [-0.15, -0.1) is 0 Å². The molecule has 4 nitrogen and oxygen atoms in total. The first kappa shape index (κ1) is 17.9. The number of carbonyl (C=O) groups is 1. The Bertz CT molecular complexity index is 632. The SMILES string of the molecule is CC(C)(CCCOc1ccc(OCc2ccccc2)cc1)C(=O)O. The van der Waals surface area contributed by atoms with E-state index >= 15 is 0 Å². The second-order valence-corrected chi connectivity index (χ2v) is 6.39. The zero-order valence-corrected chi connectivity index (χ0v) is 14.2. The van der Waals surface area contributed by atoms with Crippen LogP contribution in [-0.4, -0.2) is 17.7 Å². The van der Waals surface area contributed by atoms with Gasteiger partial charge in [-0.05, 0) is 56.5 Å². The van der Waals surface area contributed by atoms with E-state index in [4.69, 9.17) is 14.6 Å². The van der Waals surface area contributed by atoms with Gasteiger partial charge in [-0.2, -0.15) is 0 Å². The van der Waals surface area contributed by atoms with Crippen molar-refractivity contribution < 1.29 is 19.4 Å². The largest absolute Gasteiger partial charge is 0.494 e. The van der Waals surface area contributed by atoms with Crippen molar-refractivity contribution in [2.75, 3.05) is 6.61 Å². The number of carboxylic acids is 1. The van der Waals surface area contributed by atoms with Crippen molar-refractivity contribution in [2.45, 2.75) is 33.3 Å². The Kier molecular flexibility index (Phi) is 6.24. The van der Waals surface area contributed by atoms with Crippen LogP contribution in [0.5, 0.6) is 11.5 Å². The monoisotopic (exact) mass is 328 g/mol. The fourth-order valence-electron chi connectivity index (χ4n) is 2.18. The van der Waals surface area contributed by atoms with Crippen molar-refractivity contribution in [3.8, 4) is 11.5 Å². The van der Waals surface area contributed by atoms with E-state index in [0.29, 0.717) is 26.1 Å². The van der Waals surface area contributed by atoms with Crippen molar-refractivity contribution in [1.29, 1.82) is 0 Å². The van der Waals surface area contributed by atoms with Crippen LogP contribution in [0.1, 0.15) is 32.3 Å². The predicted molar refractivity (Wildman–Crippen MR) is 93.4 cm³/mol. The average Bonchev–Trinajstić information content (AvgIpc) is 2.59. The highest BCUT2D eigenvalue weighted by molar-refractivity contribution is 5.73. The molecule has 2 rings (SSSR count). The molecule has 2 aromatic rings. The zero-order chi connectivity index (χ0) is 17.4. The van der Waals surface area contributed by atoms with Crippen LogP contribution < -0.4 is 9.47 Å². The number of hydrogen-bond acceptors (Lipinski definition) is 3. The standard InChI is InChI=1S/C20H24O4/c1-20(2,19(21)22)13-6-14-23-17-9-11-18(12-10-17)24-15-16-7-4-3-5-8-16/h3-5,7-12H,6,13-15H2,1-2H3,(H,21,22). The van der Waals surface area contributed by atoms with Crippen LogP contribution in [0, 0.1) is 5.41 Å². The highest BCUT2D eigenvalue weighted by Crippen LogP contribution is 2.23. The Morgan fingerprint density at radius 1 is 0.958 bits per heavy atom. The maximum atomic E-state index is 11.0. The Balaban J connectivity index is 1.73. The first-order valence-electron chi connectivity index (χ1n) is 8.10. The lowest BCUT2D eigenvalue weighted by atomic mass is 9.88. The minimum atomic E-state index is -0.776. The van der Waals surface area contributed by atoms with Crippen molar-refractivity contribution in [2.24, 2.45) is 5.41 Å². The van der Waals surface area contributed by atoms with E-state index in [0.717, 1.165) is 17.1 Å². The fourth-order valence-corrected chi connectivity index (χ4v) is 2.18. The maximum Gasteiger partial charge on any atom is 0.309 e. The number of ether oxygens (including phenoxy) is 2.